The van der Waals surface area contributed by atoms with Crippen molar-refractivity contribution in [1.29, 1.82) is 0 Å². The average Bonchev–Trinajstić information content (AvgIpc) is 1.99. The highest BCUT2D eigenvalue weighted by atomic mass is 35.5. The van der Waals surface area contributed by atoms with Gasteiger partial charge in [0.1, 0.15) is 11.4 Å². The molecule has 0 heterocycles. The van der Waals surface area contributed by atoms with E-state index in [0.29, 0.717) is 23.6 Å². The first-order valence-electron chi connectivity index (χ1n) is 2.53. The molecule has 0 aromatic carbocycles. The highest BCUT2D eigenvalue weighted by Crippen LogP contribution is 1.97. The van der Waals surface area contributed by atoms with Gasteiger partial charge in [-0.3, -0.25) is 4.79 Å². The molecule has 0 amide bonds. The molecule has 2 nitrogen and oxygen atoms in total. The van der Waals surface area contributed by atoms with Crippen molar-refractivity contribution in [2.24, 2.45) is 0 Å². The molecule has 0 aromatic heterocycles. The van der Waals surface area contributed by atoms with Crippen molar-refractivity contribution in [3.8, 4) is 0 Å². The molecule has 0 spiro atoms. The third-order valence-corrected chi connectivity index (χ3v) is 1.32. The van der Waals surface area contributed by atoms with Crippen LogP contribution in [0.2, 0.25) is 0 Å². The van der Waals surface area contributed by atoms with Crippen molar-refractivity contribution in [2.45, 2.75) is 0 Å². The van der Waals surface area contributed by atoms with E-state index in [-0.39, 0.29) is 0 Å². The Bertz CT molecular complexity index is 163. The minimum atomic E-state index is 0.296. The molecule has 10 heavy (non-hydrogen) atoms. The normalized spacial score (nSPS) is 10.8. The van der Waals surface area contributed by atoms with Crippen molar-refractivity contribution in [1.82, 2.24) is 5.32 Å². The monoisotopic (exact) mass is 179 g/mol. The zero-order valence-corrected chi connectivity index (χ0v) is 6.74. The van der Waals surface area contributed by atoms with Gasteiger partial charge in [-0.15, -0.1) is 0 Å². The summed E-state index contributed by atoms with van der Waals surface area (Å²) < 4.78 is 0. The van der Waals surface area contributed by atoms with Gasteiger partial charge in [-0.1, -0.05) is 29.8 Å². The van der Waals surface area contributed by atoms with Crippen LogP contribution in [0.4, 0.5) is 0 Å². The van der Waals surface area contributed by atoms with Crippen LogP contribution in [-0.4, -0.2) is 12.8 Å². The Kier molecular flexibility index (Phi) is 5.08. The van der Waals surface area contributed by atoms with Crippen LogP contribution < -0.4 is 5.32 Å². The number of halogens is 2. The lowest BCUT2D eigenvalue weighted by atomic mass is 10.3. The Hall–Kier alpha value is -0.470. The molecule has 0 radical (unpaired) electrons. The number of rotatable bonds is 4. The minimum absolute atomic E-state index is 0.296. The van der Waals surface area contributed by atoms with Crippen molar-refractivity contribution in [3.05, 3.63) is 22.8 Å². The van der Waals surface area contributed by atoms with Gasteiger partial charge in [0.15, 0.2) is 0 Å². The van der Waals surface area contributed by atoms with Crippen molar-refractivity contribution < 1.29 is 4.79 Å². The molecule has 0 unspecified atom stereocenters. The summed E-state index contributed by atoms with van der Waals surface area (Å²) >= 11 is 10.6. The number of aldehydes is 1. The largest absolute Gasteiger partial charge is 0.371 e. The van der Waals surface area contributed by atoms with Gasteiger partial charge in [-0.05, 0) is 0 Å². The van der Waals surface area contributed by atoms with E-state index < -0.39 is 0 Å². The molecular weight excluding hydrogens is 173 g/mol. The van der Waals surface area contributed by atoms with Crippen LogP contribution in [0.15, 0.2) is 22.8 Å². The summed E-state index contributed by atoms with van der Waals surface area (Å²) in [4.78, 5) is 9.97. The molecule has 56 valence electrons. The van der Waals surface area contributed by atoms with Crippen molar-refractivity contribution >= 4 is 29.5 Å². The zero-order valence-electron chi connectivity index (χ0n) is 5.23. The molecule has 0 aliphatic heterocycles. The Balaban J connectivity index is 3.55. The number of hydrogen-bond donors (Lipinski definition) is 1. The SMILES string of the molecule is C=C(C=O)CN/C(Cl)=C/Cl. The Labute approximate surface area is 69.5 Å². The van der Waals surface area contributed by atoms with Gasteiger partial charge in [0, 0.05) is 17.7 Å². The van der Waals surface area contributed by atoms with E-state index in [4.69, 9.17) is 23.2 Å². The fourth-order valence-electron chi connectivity index (χ4n) is 0.278. The van der Waals surface area contributed by atoms with Crippen LogP contribution in [0, 0.1) is 0 Å². The van der Waals surface area contributed by atoms with Gasteiger partial charge in [0.05, 0.1) is 0 Å². The average molecular weight is 180 g/mol. The summed E-state index contributed by atoms with van der Waals surface area (Å²) in [6.07, 6.45) is 0.658. The van der Waals surface area contributed by atoms with E-state index in [0.717, 1.165) is 0 Å². The minimum Gasteiger partial charge on any atom is -0.371 e. The lowest BCUT2D eigenvalue weighted by Crippen LogP contribution is -2.12. The maximum atomic E-state index is 9.97. The summed E-state index contributed by atoms with van der Waals surface area (Å²) in [5.41, 5.74) is 1.61. The predicted molar refractivity (Wildman–Crippen MR) is 43.0 cm³/mol. The first-order chi connectivity index (χ1) is 4.70. The van der Waals surface area contributed by atoms with Crippen LogP contribution in [0.25, 0.3) is 0 Å². The van der Waals surface area contributed by atoms with Gasteiger partial charge in [0.25, 0.3) is 0 Å². The summed E-state index contributed by atoms with van der Waals surface area (Å²) in [6, 6.07) is 0. The lowest BCUT2D eigenvalue weighted by molar-refractivity contribution is -0.104. The molecule has 0 aliphatic rings. The molecule has 0 saturated carbocycles. The Morgan fingerprint density at radius 2 is 2.30 bits per heavy atom. The molecule has 0 rings (SSSR count). The van der Waals surface area contributed by atoms with Crippen LogP contribution in [0.1, 0.15) is 0 Å². The van der Waals surface area contributed by atoms with Crippen LogP contribution >= 0.6 is 23.2 Å². The van der Waals surface area contributed by atoms with Gasteiger partial charge < -0.3 is 5.32 Å². The Morgan fingerprint density at radius 1 is 1.70 bits per heavy atom. The van der Waals surface area contributed by atoms with E-state index >= 15 is 0 Å². The third kappa shape index (κ3) is 4.41. The molecule has 0 fully saturated rings. The van der Waals surface area contributed by atoms with Crippen LogP contribution in [0.3, 0.4) is 0 Å². The molecule has 1 N–H and O–H groups in total. The zero-order chi connectivity index (χ0) is 7.98. The highest BCUT2D eigenvalue weighted by Gasteiger charge is 1.91. The molecule has 0 aromatic rings. The first-order valence-corrected chi connectivity index (χ1v) is 3.35. The molecular formula is C6H7Cl2NO. The van der Waals surface area contributed by atoms with Gasteiger partial charge in [0.2, 0.25) is 0 Å². The van der Waals surface area contributed by atoms with E-state index in [1.54, 1.807) is 0 Å². The second kappa shape index (κ2) is 5.33. The molecule has 0 bridgehead atoms. The summed E-state index contributed by atoms with van der Waals surface area (Å²) in [5.74, 6) is 0. The molecule has 4 heteroatoms. The van der Waals surface area contributed by atoms with Gasteiger partial charge >= 0.3 is 0 Å². The van der Waals surface area contributed by atoms with E-state index in [9.17, 15) is 4.79 Å². The third-order valence-electron chi connectivity index (χ3n) is 0.747. The van der Waals surface area contributed by atoms with E-state index in [1.807, 2.05) is 0 Å². The number of carbonyl (C=O) groups is 1. The Morgan fingerprint density at radius 3 is 2.70 bits per heavy atom. The first kappa shape index (κ1) is 9.53. The summed E-state index contributed by atoms with van der Waals surface area (Å²) in [7, 11) is 0. The lowest BCUT2D eigenvalue weighted by Gasteiger charge is -1.99. The fraction of sp³-hybridized carbons (Fsp3) is 0.167. The van der Waals surface area contributed by atoms with Crippen LogP contribution in [-0.2, 0) is 4.79 Å². The van der Waals surface area contributed by atoms with Gasteiger partial charge in [-0.2, -0.15) is 0 Å². The predicted octanol–water partition coefficient (Wildman–Crippen LogP) is 1.61. The van der Waals surface area contributed by atoms with E-state index in [2.05, 4.69) is 11.9 Å². The molecule has 0 saturated heterocycles. The van der Waals surface area contributed by atoms with Crippen LogP contribution in [0.5, 0.6) is 0 Å². The van der Waals surface area contributed by atoms with Crippen molar-refractivity contribution in [2.75, 3.05) is 6.54 Å². The van der Waals surface area contributed by atoms with Gasteiger partial charge in [-0.25, -0.2) is 0 Å². The number of hydrogen-bond acceptors (Lipinski definition) is 2. The summed E-state index contributed by atoms with van der Waals surface area (Å²) in [6.45, 7) is 3.74. The summed E-state index contributed by atoms with van der Waals surface area (Å²) in [5, 5.41) is 2.94. The number of carbonyl (C=O) groups excluding carboxylic acids is 1. The standard InChI is InChI=1S/C6H7Cl2NO/c1-5(4-10)3-9-6(8)2-7/h2,4,9H,1,3H2/b6-2+. The molecule has 0 atom stereocenters. The quantitative estimate of drug-likeness (QED) is 0.404. The second-order valence-electron chi connectivity index (χ2n) is 1.59. The number of nitrogens with one attached hydrogen (secondary N) is 1. The smallest absolute Gasteiger partial charge is 0.147 e. The van der Waals surface area contributed by atoms with Crippen molar-refractivity contribution in [3.63, 3.8) is 0 Å². The second-order valence-corrected chi connectivity index (χ2v) is 2.21. The fourth-order valence-corrected chi connectivity index (χ4v) is 0.422. The topological polar surface area (TPSA) is 29.1 Å². The maximum Gasteiger partial charge on any atom is 0.147 e. The highest BCUT2D eigenvalue weighted by molar-refractivity contribution is 6.36. The maximum absolute atomic E-state index is 9.97. The van der Waals surface area contributed by atoms with E-state index in [1.165, 1.54) is 5.54 Å². The molecule has 0 aliphatic carbocycles.